The maximum absolute atomic E-state index is 12.4. The van der Waals surface area contributed by atoms with E-state index in [0.717, 1.165) is 16.8 Å². The topological polar surface area (TPSA) is 110 Å². The Labute approximate surface area is 164 Å². The van der Waals surface area contributed by atoms with Crippen LogP contribution in [0.4, 0.5) is 5.82 Å². The summed E-state index contributed by atoms with van der Waals surface area (Å²) in [7, 11) is -3.31. The number of benzene rings is 1. The van der Waals surface area contributed by atoms with Crippen molar-refractivity contribution in [1.29, 1.82) is 0 Å². The van der Waals surface area contributed by atoms with E-state index in [1.54, 1.807) is 0 Å². The quantitative estimate of drug-likeness (QED) is 0.753. The molecule has 0 saturated carbocycles. The molecule has 2 N–H and O–H groups in total. The van der Waals surface area contributed by atoms with Crippen LogP contribution in [0.15, 0.2) is 18.2 Å². The van der Waals surface area contributed by atoms with Crippen LogP contribution in [0.2, 0.25) is 0 Å². The number of rotatable bonds is 4. The summed E-state index contributed by atoms with van der Waals surface area (Å²) in [4.78, 5) is 24.5. The van der Waals surface area contributed by atoms with Gasteiger partial charge in [-0.05, 0) is 31.4 Å². The van der Waals surface area contributed by atoms with Crippen molar-refractivity contribution in [2.45, 2.75) is 39.2 Å². The zero-order chi connectivity index (χ0) is 20.6. The van der Waals surface area contributed by atoms with E-state index in [1.807, 2.05) is 45.9 Å². The summed E-state index contributed by atoms with van der Waals surface area (Å²) in [5.74, 6) is -1.57. The van der Waals surface area contributed by atoms with E-state index < -0.39 is 21.7 Å². The van der Waals surface area contributed by atoms with Crippen LogP contribution in [0.1, 0.15) is 36.2 Å². The van der Waals surface area contributed by atoms with Crippen LogP contribution in [-0.4, -0.2) is 36.6 Å². The van der Waals surface area contributed by atoms with Crippen LogP contribution >= 0.6 is 0 Å². The number of nitrogens with zero attached hydrogens (tertiary/aromatic N) is 2. The zero-order valence-corrected chi connectivity index (χ0v) is 17.2. The summed E-state index contributed by atoms with van der Waals surface area (Å²) in [6.07, 6.45) is 0. The van der Waals surface area contributed by atoms with E-state index in [9.17, 15) is 18.0 Å². The summed E-state index contributed by atoms with van der Waals surface area (Å²) in [6.45, 7) is 8.09. The standard InChI is InChI=1S/C19H24N4O4S/c1-11(2)8-20-18(24)19(25)21-17-14-9-28(26,27)10-15(14)22-23(17)16-6-5-12(3)7-13(16)4/h5-7,11H,8-10H2,1-4H3,(H,20,24)(H,21,25). The van der Waals surface area contributed by atoms with Crippen LogP contribution in [0.5, 0.6) is 0 Å². The molecule has 2 aromatic rings. The molecule has 0 spiro atoms. The fourth-order valence-electron chi connectivity index (χ4n) is 3.13. The molecule has 1 aromatic carbocycles. The first-order chi connectivity index (χ1) is 13.1. The van der Waals surface area contributed by atoms with E-state index in [-0.39, 0.29) is 23.2 Å². The van der Waals surface area contributed by atoms with Gasteiger partial charge in [0.15, 0.2) is 9.84 Å². The number of carbonyl (C=O) groups is 2. The van der Waals surface area contributed by atoms with Gasteiger partial charge in [0.2, 0.25) is 0 Å². The zero-order valence-electron chi connectivity index (χ0n) is 16.4. The molecule has 8 nitrogen and oxygen atoms in total. The molecule has 0 atom stereocenters. The Hall–Kier alpha value is -2.68. The van der Waals surface area contributed by atoms with Crippen molar-refractivity contribution in [2.24, 2.45) is 5.92 Å². The third-order valence-electron chi connectivity index (χ3n) is 4.48. The molecule has 0 radical (unpaired) electrons. The van der Waals surface area contributed by atoms with Gasteiger partial charge in [-0.2, -0.15) is 5.10 Å². The van der Waals surface area contributed by atoms with Crippen LogP contribution in [0.3, 0.4) is 0 Å². The predicted molar refractivity (Wildman–Crippen MR) is 106 cm³/mol. The van der Waals surface area contributed by atoms with Gasteiger partial charge < -0.3 is 10.6 Å². The highest BCUT2D eigenvalue weighted by Crippen LogP contribution is 2.33. The highest BCUT2D eigenvalue weighted by atomic mass is 32.2. The van der Waals surface area contributed by atoms with Crippen LogP contribution in [-0.2, 0) is 30.9 Å². The van der Waals surface area contributed by atoms with E-state index in [4.69, 9.17) is 0 Å². The smallest absolute Gasteiger partial charge is 0.314 e. The molecule has 2 heterocycles. The Morgan fingerprint density at radius 3 is 2.54 bits per heavy atom. The number of aryl methyl sites for hydroxylation is 2. The van der Waals surface area contributed by atoms with E-state index in [0.29, 0.717) is 17.8 Å². The minimum atomic E-state index is -3.31. The van der Waals surface area contributed by atoms with Crippen molar-refractivity contribution in [3.05, 3.63) is 40.6 Å². The molecule has 0 bridgehead atoms. The lowest BCUT2D eigenvalue weighted by Gasteiger charge is -2.14. The second kappa shape index (κ2) is 7.38. The molecule has 9 heteroatoms. The highest BCUT2D eigenvalue weighted by molar-refractivity contribution is 7.90. The largest absolute Gasteiger partial charge is 0.348 e. The molecular weight excluding hydrogens is 380 g/mol. The summed E-state index contributed by atoms with van der Waals surface area (Å²) in [5, 5.41) is 9.56. The minimum absolute atomic E-state index is 0.178. The summed E-state index contributed by atoms with van der Waals surface area (Å²) in [6, 6.07) is 5.74. The number of carbonyl (C=O) groups excluding carboxylic acids is 2. The van der Waals surface area contributed by atoms with Crippen molar-refractivity contribution in [2.75, 3.05) is 11.9 Å². The molecule has 0 saturated heterocycles. The number of sulfone groups is 1. The maximum atomic E-state index is 12.4. The number of hydrogen-bond donors (Lipinski definition) is 2. The van der Waals surface area contributed by atoms with Gasteiger partial charge in [-0.1, -0.05) is 31.5 Å². The van der Waals surface area contributed by atoms with Crippen LogP contribution < -0.4 is 10.6 Å². The van der Waals surface area contributed by atoms with Gasteiger partial charge in [-0.15, -0.1) is 0 Å². The van der Waals surface area contributed by atoms with Gasteiger partial charge >= 0.3 is 11.8 Å². The molecule has 150 valence electrons. The van der Waals surface area contributed by atoms with E-state index in [1.165, 1.54) is 4.68 Å². The van der Waals surface area contributed by atoms with Gasteiger partial charge in [0.25, 0.3) is 0 Å². The van der Waals surface area contributed by atoms with Gasteiger partial charge in [0.1, 0.15) is 5.82 Å². The monoisotopic (exact) mass is 404 g/mol. The number of fused-ring (bicyclic) bond motifs is 1. The van der Waals surface area contributed by atoms with Gasteiger partial charge in [-0.25, -0.2) is 13.1 Å². The number of anilines is 1. The van der Waals surface area contributed by atoms with Crippen molar-refractivity contribution in [3.63, 3.8) is 0 Å². The van der Waals surface area contributed by atoms with E-state index in [2.05, 4.69) is 15.7 Å². The number of amides is 2. The number of nitrogens with one attached hydrogen (secondary N) is 2. The molecule has 1 aliphatic rings. The Morgan fingerprint density at radius 1 is 1.18 bits per heavy atom. The molecule has 0 fully saturated rings. The Balaban J connectivity index is 1.99. The SMILES string of the molecule is Cc1ccc(-n2nc3c(c2NC(=O)C(=O)NCC(C)C)CS(=O)(=O)C3)c(C)c1. The highest BCUT2D eigenvalue weighted by Gasteiger charge is 2.34. The number of hydrogen-bond acceptors (Lipinski definition) is 5. The predicted octanol–water partition coefficient (Wildman–Crippen LogP) is 1.63. The number of aromatic nitrogens is 2. The minimum Gasteiger partial charge on any atom is -0.348 e. The summed E-state index contributed by atoms with van der Waals surface area (Å²) >= 11 is 0. The molecule has 0 unspecified atom stereocenters. The normalized spacial score (nSPS) is 14.8. The first-order valence-electron chi connectivity index (χ1n) is 9.05. The molecule has 3 rings (SSSR count). The first kappa shape index (κ1) is 20.1. The van der Waals surface area contributed by atoms with Crippen molar-refractivity contribution >= 4 is 27.5 Å². The second-order valence-electron chi connectivity index (χ2n) is 7.57. The lowest BCUT2D eigenvalue weighted by molar-refractivity contribution is -0.136. The fraction of sp³-hybridized carbons (Fsp3) is 0.421. The molecular formula is C19H24N4O4S. The molecule has 2 amide bonds. The Morgan fingerprint density at radius 2 is 1.89 bits per heavy atom. The van der Waals surface area contributed by atoms with Crippen LogP contribution in [0.25, 0.3) is 5.69 Å². The van der Waals surface area contributed by atoms with Gasteiger partial charge in [0, 0.05) is 12.1 Å². The van der Waals surface area contributed by atoms with Crippen molar-refractivity contribution in [1.82, 2.24) is 15.1 Å². The van der Waals surface area contributed by atoms with Crippen molar-refractivity contribution < 1.29 is 18.0 Å². The lowest BCUT2D eigenvalue weighted by Crippen LogP contribution is -2.37. The molecule has 1 aliphatic heterocycles. The van der Waals surface area contributed by atoms with Crippen LogP contribution in [0, 0.1) is 19.8 Å². The van der Waals surface area contributed by atoms with Gasteiger partial charge in [-0.3, -0.25) is 9.59 Å². The average Bonchev–Trinajstić information content (AvgIpc) is 3.05. The third kappa shape index (κ3) is 4.09. The summed E-state index contributed by atoms with van der Waals surface area (Å²) < 4.78 is 25.5. The summed E-state index contributed by atoms with van der Waals surface area (Å²) in [5.41, 5.74) is 3.55. The molecule has 0 aliphatic carbocycles. The Kier molecular flexibility index (Phi) is 5.29. The van der Waals surface area contributed by atoms with Crippen molar-refractivity contribution in [3.8, 4) is 5.69 Å². The lowest BCUT2D eigenvalue weighted by atomic mass is 10.1. The maximum Gasteiger partial charge on any atom is 0.314 e. The third-order valence-corrected chi connectivity index (χ3v) is 5.92. The first-order valence-corrected chi connectivity index (χ1v) is 10.9. The van der Waals surface area contributed by atoms with E-state index >= 15 is 0 Å². The fourth-order valence-corrected chi connectivity index (χ4v) is 4.62. The molecule has 1 aromatic heterocycles. The van der Waals surface area contributed by atoms with Gasteiger partial charge in [0.05, 0.1) is 22.9 Å². The Bertz CT molecular complexity index is 1050. The molecule has 28 heavy (non-hydrogen) atoms. The average molecular weight is 404 g/mol. The second-order valence-corrected chi connectivity index (χ2v) is 9.63.